The number of hydrogen-bond donors (Lipinski definition) is 1. The van der Waals surface area contributed by atoms with Crippen molar-refractivity contribution in [2.24, 2.45) is 0 Å². The largest absolute Gasteiger partial charge is 0.497 e. The Morgan fingerprint density at radius 3 is 2.33 bits per heavy atom. The second-order valence-electron chi connectivity index (χ2n) is 7.84. The van der Waals surface area contributed by atoms with E-state index in [0.717, 1.165) is 27.8 Å². The maximum atomic E-state index is 13.2. The summed E-state index contributed by atoms with van der Waals surface area (Å²) in [5.74, 6) is 0.271. The monoisotopic (exact) mass is 442 g/mol. The third-order valence-electron chi connectivity index (χ3n) is 5.72. The van der Waals surface area contributed by atoms with E-state index >= 15 is 0 Å². The first-order chi connectivity index (χ1) is 16.0. The molecule has 33 heavy (non-hydrogen) atoms. The van der Waals surface area contributed by atoms with E-state index < -0.39 is 0 Å². The van der Waals surface area contributed by atoms with Crippen LogP contribution in [0.15, 0.2) is 79.0 Å². The lowest BCUT2D eigenvalue weighted by molar-refractivity contribution is 0.0600. The third kappa shape index (κ3) is 4.75. The van der Waals surface area contributed by atoms with Crippen molar-refractivity contribution in [3.05, 3.63) is 101 Å². The number of aromatic nitrogens is 1. The number of methoxy groups -OCH3 is 2. The van der Waals surface area contributed by atoms with Gasteiger partial charge in [0.25, 0.3) is 5.91 Å². The molecule has 4 aromatic rings. The SMILES string of the molecule is COC(=O)c1ccc([C@H](C)NC(=O)c2cccc3ccn(Cc4ccc(OC)cc4)c23)cc1. The predicted octanol–water partition coefficient (Wildman–Crippen LogP) is 4.98. The van der Waals surface area contributed by atoms with Gasteiger partial charge in [0.15, 0.2) is 0 Å². The number of benzene rings is 3. The number of rotatable bonds is 7. The Kier molecular flexibility index (Phi) is 6.45. The van der Waals surface area contributed by atoms with Gasteiger partial charge >= 0.3 is 5.97 Å². The molecule has 6 heteroatoms. The van der Waals surface area contributed by atoms with E-state index in [9.17, 15) is 9.59 Å². The van der Waals surface area contributed by atoms with Crippen molar-refractivity contribution >= 4 is 22.8 Å². The lowest BCUT2D eigenvalue weighted by Crippen LogP contribution is -2.27. The quantitative estimate of drug-likeness (QED) is 0.410. The second kappa shape index (κ2) is 9.61. The molecular formula is C27H26N2O4. The number of ether oxygens (including phenoxy) is 2. The average molecular weight is 443 g/mol. The molecule has 0 saturated carbocycles. The smallest absolute Gasteiger partial charge is 0.337 e. The maximum Gasteiger partial charge on any atom is 0.337 e. The van der Waals surface area contributed by atoms with Crippen molar-refractivity contribution < 1.29 is 19.1 Å². The molecule has 0 aliphatic carbocycles. The lowest BCUT2D eigenvalue weighted by atomic mass is 10.0. The summed E-state index contributed by atoms with van der Waals surface area (Å²) in [6.45, 7) is 2.56. The minimum Gasteiger partial charge on any atom is -0.497 e. The normalized spacial score (nSPS) is 11.7. The van der Waals surface area contributed by atoms with E-state index in [-0.39, 0.29) is 17.9 Å². The van der Waals surface area contributed by atoms with Crippen LogP contribution in [0.3, 0.4) is 0 Å². The standard InChI is InChI=1S/C27H26N2O4/c1-18(20-9-11-22(12-10-20)27(31)33-3)28-26(30)24-6-4-5-21-15-16-29(25(21)24)17-19-7-13-23(32-2)14-8-19/h4-16,18H,17H2,1-3H3,(H,28,30)/t18-/m0/s1. The van der Waals surface area contributed by atoms with Gasteiger partial charge in [-0.1, -0.05) is 36.4 Å². The van der Waals surface area contributed by atoms with Gasteiger partial charge in [-0.15, -0.1) is 0 Å². The van der Waals surface area contributed by atoms with E-state index in [0.29, 0.717) is 17.7 Å². The molecule has 0 saturated heterocycles. The van der Waals surface area contributed by atoms with E-state index in [2.05, 4.69) is 9.88 Å². The molecule has 1 aromatic heterocycles. The number of nitrogens with one attached hydrogen (secondary N) is 1. The van der Waals surface area contributed by atoms with Gasteiger partial charge in [-0.05, 0) is 54.4 Å². The Morgan fingerprint density at radius 2 is 1.67 bits per heavy atom. The van der Waals surface area contributed by atoms with Crippen molar-refractivity contribution in [3.63, 3.8) is 0 Å². The average Bonchev–Trinajstić information content (AvgIpc) is 3.26. The highest BCUT2D eigenvalue weighted by molar-refractivity contribution is 6.06. The van der Waals surface area contributed by atoms with Gasteiger partial charge in [0.1, 0.15) is 5.75 Å². The Bertz CT molecular complexity index is 1270. The van der Waals surface area contributed by atoms with Crippen molar-refractivity contribution in [3.8, 4) is 5.75 Å². The van der Waals surface area contributed by atoms with Crippen LogP contribution in [0.25, 0.3) is 10.9 Å². The molecule has 6 nitrogen and oxygen atoms in total. The molecular weight excluding hydrogens is 416 g/mol. The minimum absolute atomic E-state index is 0.153. The Balaban J connectivity index is 1.56. The number of amides is 1. The number of para-hydroxylation sites is 1. The molecule has 4 rings (SSSR count). The molecule has 0 bridgehead atoms. The van der Waals surface area contributed by atoms with Gasteiger partial charge in [0.05, 0.1) is 36.9 Å². The topological polar surface area (TPSA) is 69.6 Å². The van der Waals surface area contributed by atoms with Crippen LogP contribution in [0.5, 0.6) is 5.75 Å². The van der Waals surface area contributed by atoms with E-state index in [1.807, 2.05) is 73.8 Å². The number of carbonyl (C=O) groups excluding carboxylic acids is 2. The first-order valence-corrected chi connectivity index (χ1v) is 10.7. The van der Waals surface area contributed by atoms with Crippen LogP contribution in [-0.2, 0) is 11.3 Å². The highest BCUT2D eigenvalue weighted by Crippen LogP contribution is 2.23. The Hall–Kier alpha value is -4.06. The lowest BCUT2D eigenvalue weighted by Gasteiger charge is -2.16. The number of fused-ring (bicyclic) bond motifs is 1. The van der Waals surface area contributed by atoms with Crippen LogP contribution in [0.1, 0.15) is 44.8 Å². The fourth-order valence-corrected chi connectivity index (χ4v) is 3.89. The van der Waals surface area contributed by atoms with E-state index in [1.165, 1.54) is 7.11 Å². The molecule has 0 unspecified atom stereocenters. The zero-order valence-electron chi connectivity index (χ0n) is 18.9. The van der Waals surface area contributed by atoms with Crippen molar-refractivity contribution in [1.29, 1.82) is 0 Å². The minimum atomic E-state index is -0.387. The second-order valence-corrected chi connectivity index (χ2v) is 7.84. The Labute approximate surface area is 192 Å². The van der Waals surface area contributed by atoms with Crippen molar-refractivity contribution in [2.75, 3.05) is 14.2 Å². The molecule has 0 aliphatic heterocycles. The van der Waals surface area contributed by atoms with Crippen molar-refractivity contribution in [1.82, 2.24) is 9.88 Å². The zero-order valence-corrected chi connectivity index (χ0v) is 18.9. The molecule has 1 amide bonds. The molecule has 0 spiro atoms. The summed E-state index contributed by atoms with van der Waals surface area (Å²) in [4.78, 5) is 24.9. The molecule has 0 fully saturated rings. The summed E-state index contributed by atoms with van der Waals surface area (Å²) in [5.41, 5.74) is 3.99. The number of nitrogens with zero attached hydrogens (tertiary/aromatic N) is 1. The van der Waals surface area contributed by atoms with Crippen LogP contribution in [0, 0.1) is 0 Å². The zero-order chi connectivity index (χ0) is 23.4. The van der Waals surface area contributed by atoms with Gasteiger partial charge in [-0.2, -0.15) is 0 Å². The van der Waals surface area contributed by atoms with Crippen LogP contribution in [0.4, 0.5) is 0 Å². The summed E-state index contributed by atoms with van der Waals surface area (Å²) in [7, 11) is 3.00. The number of esters is 1. The molecule has 1 N–H and O–H groups in total. The summed E-state index contributed by atoms with van der Waals surface area (Å²) in [6, 6.07) is 22.5. The van der Waals surface area contributed by atoms with Crippen LogP contribution >= 0.6 is 0 Å². The molecule has 0 radical (unpaired) electrons. The summed E-state index contributed by atoms with van der Waals surface area (Å²) >= 11 is 0. The van der Waals surface area contributed by atoms with Gasteiger partial charge in [0, 0.05) is 18.1 Å². The maximum absolute atomic E-state index is 13.2. The predicted molar refractivity (Wildman–Crippen MR) is 128 cm³/mol. The molecule has 1 heterocycles. The first kappa shape index (κ1) is 22.1. The molecule has 1 atom stereocenters. The van der Waals surface area contributed by atoms with E-state index in [4.69, 9.17) is 9.47 Å². The Morgan fingerprint density at radius 1 is 0.939 bits per heavy atom. The van der Waals surface area contributed by atoms with Gasteiger partial charge in [-0.3, -0.25) is 4.79 Å². The molecule has 0 aliphatic rings. The van der Waals surface area contributed by atoms with Crippen LogP contribution < -0.4 is 10.1 Å². The van der Waals surface area contributed by atoms with Crippen molar-refractivity contribution in [2.45, 2.75) is 19.5 Å². The fraction of sp³-hybridized carbons (Fsp3) is 0.185. The highest BCUT2D eigenvalue weighted by atomic mass is 16.5. The van der Waals surface area contributed by atoms with Gasteiger partial charge < -0.3 is 19.4 Å². The number of hydrogen-bond acceptors (Lipinski definition) is 4. The first-order valence-electron chi connectivity index (χ1n) is 10.7. The summed E-state index contributed by atoms with van der Waals surface area (Å²) < 4.78 is 12.1. The molecule has 3 aromatic carbocycles. The third-order valence-corrected chi connectivity index (χ3v) is 5.72. The summed E-state index contributed by atoms with van der Waals surface area (Å²) in [6.07, 6.45) is 2.00. The summed E-state index contributed by atoms with van der Waals surface area (Å²) in [5, 5.41) is 4.08. The van der Waals surface area contributed by atoms with Gasteiger partial charge in [-0.25, -0.2) is 4.79 Å². The number of carbonyl (C=O) groups is 2. The molecule has 168 valence electrons. The van der Waals surface area contributed by atoms with Crippen LogP contribution in [-0.4, -0.2) is 30.7 Å². The van der Waals surface area contributed by atoms with Crippen LogP contribution in [0.2, 0.25) is 0 Å². The highest BCUT2D eigenvalue weighted by Gasteiger charge is 2.17. The van der Waals surface area contributed by atoms with Gasteiger partial charge in [0.2, 0.25) is 0 Å². The van der Waals surface area contributed by atoms with E-state index in [1.54, 1.807) is 19.2 Å². The fourth-order valence-electron chi connectivity index (χ4n) is 3.89.